The van der Waals surface area contributed by atoms with Crippen molar-refractivity contribution in [3.63, 3.8) is 0 Å². The standard InChI is InChI=1S/C12H19BrN2O3S2/c1-14-7-9-6-11(12(13)18-9)20(16,17)15-8-3-4-10(5-8)19-2/h6,8,10,14-15H,3-5,7H2,1-2H3. The van der Waals surface area contributed by atoms with Gasteiger partial charge in [-0.2, -0.15) is 11.8 Å². The summed E-state index contributed by atoms with van der Waals surface area (Å²) in [5.41, 5.74) is 0. The van der Waals surface area contributed by atoms with E-state index in [0.717, 1.165) is 19.3 Å². The van der Waals surface area contributed by atoms with Gasteiger partial charge in [-0.1, -0.05) is 0 Å². The fraction of sp³-hybridized carbons (Fsp3) is 0.667. The lowest BCUT2D eigenvalue weighted by Crippen LogP contribution is -2.33. The molecule has 0 saturated heterocycles. The minimum Gasteiger partial charge on any atom is -0.452 e. The van der Waals surface area contributed by atoms with Crippen molar-refractivity contribution in [1.29, 1.82) is 0 Å². The Balaban J connectivity index is 2.10. The quantitative estimate of drug-likeness (QED) is 0.789. The third-order valence-corrected chi connectivity index (χ3v) is 6.86. The minimum absolute atomic E-state index is 0.0204. The average Bonchev–Trinajstić information content (AvgIpc) is 2.96. The second-order valence-corrected chi connectivity index (χ2v) is 8.41. The van der Waals surface area contributed by atoms with E-state index in [9.17, 15) is 8.42 Å². The van der Waals surface area contributed by atoms with Crippen molar-refractivity contribution in [2.24, 2.45) is 0 Å². The molecule has 0 aliphatic heterocycles. The Hall–Kier alpha value is -0.0200. The highest BCUT2D eigenvalue weighted by molar-refractivity contribution is 9.10. The summed E-state index contributed by atoms with van der Waals surface area (Å²) in [4.78, 5) is 0.176. The SMILES string of the molecule is CNCc1cc(S(=O)(=O)NC2CCC(SC)C2)c(Br)o1. The van der Waals surface area contributed by atoms with E-state index in [-0.39, 0.29) is 15.6 Å². The summed E-state index contributed by atoms with van der Waals surface area (Å²) in [6.07, 6.45) is 4.91. The molecule has 5 nitrogen and oxygen atoms in total. The van der Waals surface area contributed by atoms with Gasteiger partial charge in [-0.3, -0.25) is 0 Å². The zero-order valence-corrected chi connectivity index (χ0v) is 14.7. The highest BCUT2D eigenvalue weighted by atomic mass is 79.9. The van der Waals surface area contributed by atoms with Gasteiger partial charge in [-0.05, 0) is 48.5 Å². The predicted octanol–water partition coefficient (Wildman–Crippen LogP) is 2.32. The first-order chi connectivity index (χ1) is 9.46. The molecule has 1 heterocycles. The zero-order chi connectivity index (χ0) is 14.8. The maximum absolute atomic E-state index is 12.4. The highest BCUT2D eigenvalue weighted by Crippen LogP contribution is 2.31. The van der Waals surface area contributed by atoms with E-state index in [4.69, 9.17) is 4.42 Å². The van der Waals surface area contributed by atoms with Crippen LogP contribution in [0.25, 0.3) is 0 Å². The van der Waals surface area contributed by atoms with Gasteiger partial charge in [0.1, 0.15) is 10.7 Å². The Labute approximate surface area is 132 Å². The molecule has 2 N–H and O–H groups in total. The highest BCUT2D eigenvalue weighted by Gasteiger charge is 2.30. The number of thioether (sulfide) groups is 1. The number of nitrogens with one attached hydrogen (secondary N) is 2. The van der Waals surface area contributed by atoms with Crippen LogP contribution in [0.3, 0.4) is 0 Å². The first-order valence-electron chi connectivity index (χ1n) is 6.44. The molecule has 0 amide bonds. The molecule has 2 rings (SSSR count). The van der Waals surface area contributed by atoms with Crippen molar-refractivity contribution in [3.8, 4) is 0 Å². The van der Waals surface area contributed by atoms with E-state index < -0.39 is 10.0 Å². The number of rotatable bonds is 6. The molecule has 1 aliphatic carbocycles. The molecule has 1 saturated carbocycles. The molecule has 20 heavy (non-hydrogen) atoms. The van der Waals surface area contributed by atoms with E-state index in [1.54, 1.807) is 24.9 Å². The molecule has 114 valence electrons. The van der Waals surface area contributed by atoms with Gasteiger partial charge in [0, 0.05) is 17.4 Å². The molecule has 0 radical (unpaired) electrons. The van der Waals surface area contributed by atoms with Crippen molar-refractivity contribution >= 4 is 37.7 Å². The van der Waals surface area contributed by atoms with Gasteiger partial charge in [-0.15, -0.1) is 0 Å². The van der Waals surface area contributed by atoms with Crippen molar-refractivity contribution < 1.29 is 12.8 Å². The zero-order valence-electron chi connectivity index (χ0n) is 11.5. The van der Waals surface area contributed by atoms with Crippen LogP contribution in [-0.4, -0.2) is 33.0 Å². The van der Waals surface area contributed by atoms with E-state index >= 15 is 0 Å². The van der Waals surface area contributed by atoms with Crippen molar-refractivity contribution in [1.82, 2.24) is 10.0 Å². The molecule has 1 aromatic heterocycles. The Kier molecular flexibility index (Phi) is 5.58. The third kappa shape index (κ3) is 3.79. The second-order valence-electron chi connectivity index (χ2n) is 4.87. The fourth-order valence-electron chi connectivity index (χ4n) is 2.39. The van der Waals surface area contributed by atoms with Gasteiger partial charge < -0.3 is 9.73 Å². The third-order valence-electron chi connectivity index (χ3n) is 3.39. The Morgan fingerprint density at radius 1 is 1.50 bits per heavy atom. The number of hydrogen-bond acceptors (Lipinski definition) is 5. The summed E-state index contributed by atoms with van der Waals surface area (Å²) in [6, 6.07) is 1.58. The van der Waals surface area contributed by atoms with E-state index in [0.29, 0.717) is 17.6 Å². The topological polar surface area (TPSA) is 71.3 Å². The first-order valence-corrected chi connectivity index (χ1v) is 10.0. The molecular weight excluding hydrogens is 364 g/mol. The van der Waals surface area contributed by atoms with Crippen molar-refractivity contribution in [2.75, 3.05) is 13.3 Å². The number of sulfonamides is 1. The molecule has 0 aromatic carbocycles. The summed E-state index contributed by atoms with van der Waals surface area (Å²) in [5.74, 6) is 0.591. The van der Waals surface area contributed by atoms with Crippen molar-refractivity contribution in [2.45, 2.75) is 42.0 Å². The van der Waals surface area contributed by atoms with Crippen LogP contribution in [0.15, 0.2) is 20.0 Å². The van der Waals surface area contributed by atoms with Gasteiger partial charge in [0.05, 0.1) is 6.54 Å². The van der Waals surface area contributed by atoms with Gasteiger partial charge in [0.2, 0.25) is 10.0 Å². The molecule has 1 aromatic rings. The lowest BCUT2D eigenvalue weighted by atomic mass is 10.3. The van der Waals surface area contributed by atoms with Crippen LogP contribution in [0.2, 0.25) is 0 Å². The smallest absolute Gasteiger partial charge is 0.245 e. The molecule has 1 aliphatic rings. The number of halogens is 1. The van der Waals surface area contributed by atoms with E-state index in [2.05, 4.69) is 32.2 Å². The van der Waals surface area contributed by atoms with Crippen LogP contribution in [-0.2, 0) is 16.6 Å². The molecule has 0 bridgehead atoms. The Bertz CT molecular complexity index is 559. The predicted molar refractivity (Wildman–Crippen MR) is 84.4 cm³/mol. The maximum atomic E-state index is 12.4. The van der Waals surface area contributed by atoms with Crippen LogP contribution >= 0.6 is 27.7 Å². The Morgan fingerprint density at radius 2 is 2.25 bits per heavy atom. The first kappa shape index (κ1) is 16.4. The molecular formula is C12H19BrN2O3S2. The largest absolute Gasteiger partial charge is 0.452 e. The maximum Gasteiger partial charge on any atom is 0.245 e. The van der Waals surface area contributed by atoms with Crippen LogP contribution in [0.1, 0.15) is 25.0 Å². The summed E-state index contributed by atoms with van der Waals surface area (Å²) >= 11 is 4.98. The van der Waals surface area contributed by atoms with Crippen LogP contribution in [0.5, 0.6) is 0 Å². The second kappa shape index (κ2) is 6.83. The normalized spacial score (nSPS) is 23.4. The summed E-state index contributed by atoms with van der Waals surface area (Å²) in [6.45, 7) is 0.492. The number of furan rings is 1. The van der Waals surface area contributed by atoms with Gasteiger partial charge >= 0.3 is 0 Å². The van der Waals surface area contributed by atoms with Gasteiger partial charge in [0.15, 0.2) is 4.67 Å². The minimum atomic E-state index is -3.53. The van der Waals surface area contributed by atoms with Crippen molar-refractivity contribution in [3.05, 3.63) is 16.5 Å². The lowest BCUT2D eigenvalue weighted by molar-refractivity contribution is 0.469. The molecule has 0 spiro atoms. The fourth-order valence-corrected chi connectivity index (χ4v) is 5.46. The number of hydrogen-bond donors (Lipinski definition) is 2. The van der Waals surface area contributed by atoms with Crippen LogP contribution in [0, 0.1) is 0 Å². The Morgan fingerprint density at radius 3 is 2.85 bits per heavy atom. The average molecular weight is 383 g/mol. The molecule has 8 heteroatoms. The summed E-state index contributed by atoms with van der Waals surface area (Å²) in [5, 5.41) is 3.48. The molecule has 2 unspecified atom stereocenters. The van der Waals surface area contributed by atoms with Crippen LogP contribution < -0.4 is 10.0 Å². The lowest BCUT2D eigenvalue weighted by Gasteiger charge is -2.12. The van der Waals surface area contributed by atoms with E-state index in [1.165, 1.54) is 0 Å². The van der Waals surface area contributed by atoms with Gasteiger partial charge in [-0.25, -0.2) is 13.1 Å². The molecule has 2 atom stereocenters. The van der Waals surface area contributed by atoms with Gasteiger partial charge in [0.25, 0.3) is 0 Å². The summed E-state index contributed by atoms with van der Waals surface area (Å²) in [7, 11) is -1.75. The molecule has 1 fully saturated rings. The van der Waals surface area contributed by atoms with E-state index in [1.807, 2.05) is 0 Å². The summed E-state index contributed by atoms with van der Waals surface area (Å²) < 4.78 is 33.2. The van der Waals surface area contributed by atoms with Crippen LogP contribution in [0.4, 0.5) is 0 Å². The monoisotopic (exact) mass is 382 g/mol.